The zero-order valence-electron chi connectivity index (χ0n) is 13.8. The summed E-state index contributed by atoms with van der Waals surface area (Å²) in [5, 5.41) is 0. The highest BCUT2D eigenvalue weighted by atomic mass is 32.2. The average Bonchev–Trinajstić information content (AvgIpc) is 2.65. The number of benzene rings is 1. The highest BCUT2D eigenvalue weighted by molar-refractivity contribution is 7.93. The molecule has 1 aromatic carbocycles. The second-order valence-corrected chi connectivity index (χ2v) is 6.79. The van der Waals surface area contributed by atoms with E-state index in [9.17, 15) is 31.2 Å². The van der Waals surface area contributed by atoms with E-state index in [2.05, 4.69) is 15.0 Å². The van der Waals surface area contributed by atoms with Crippen LogP contribution < -0.4 is 9.04 Å². The molecule has 0 atom stereocenters. The predicted octanol–water partition coefficient (Wildman–Crippen LogP) is 1.05. The van der Waals surface area contributed by atoms with E-state index in [0.29, 0.717) is 7.05 Å². The number of nitrogens with zero attached hydrogens (tertiary/aromatic N) is 4. The number of alkyl halides is 2. The Labute approximate surface area is 150 Å². The molecule has 0 bridgehead atoms. The lowest BCUT2D eigenvalue weighted by Gasteiger charge is -2.21. The topological polar surface area (TPSA) is 119 Å². The summed E-state index contributed by atoms with van der Waals surface area (Å²) in [4.78, 5) is 34.2. The van der Waals surface area contributed by atoms with Crippen molar-refractivity contribution in [3.8, 4) is 6.01 Å². The molecule has 0 aliphatic carbocycles. The number of ketones is 1. The van der Waals surface area contributed by atoms with Crippen LogP contribution in [0.4, 0.5) is 18.9 Å². The molecule has 27 heavy (non-hydrogen) atoms. The fourth-order valence-electron chi connectivity index (χ4n) is 2.00. The van der Waals surface area contributed by atoms with Gasteiger partial charge in [-0.25, -0.2) is 17.8 Å². The highest BCUT2D eigenvalue weighted by Gasteiger charge is 2.34. The summed E-state index contributed by atoms with van der Waals surface area (Å²) < 4.78 is 67.9. The summed E-state index contributed by atoms with van der Waals surface area (Å²) in [6.45, 7) is 0. The molecule has 144 valence electrons. The van der Waals surface area contributed by atoms with E-state index in [1.54, 1.807) is 0 Å². The Morgan fingerprint density at radius 3 is 2.48 bits per heavy atom. The molecule has 0 fully saturated rings. The molecule has 0 unspecified atom stereocenters. The van der Waals surface area contributed by atoms with Crippen molar-refractivity contribution in [2.75, 3.05) is 18.5 Å². The van der Waals surface area contributed by atoms with Gasteiger partial charge in [0.05, 0.1) is 18.4 Å². The normalized spacial score (nSPS) is 11.3. The van der Waals surface area contributed by atoms with Crippen molar-refractivity contribution in [1.82, 2.24) is 15.0 Å². The van der Waals surface area contributed by atoms with Crippen molar-refractivity contribution in [2.24, 2.45) is 0 Å². The second kappa shape index (κ2) is 7.65. The van der Waals surface area contributed by atoms with Crippen LogP contribution in [0.5, 0.6) is 6.01 Å². The molecule has 13 heteroatoms. The lowest BCUT2D eigenvalue weighted by atomic mass is 10.1. The molecule has 0 radical (unpaired) electrons. The van der Waals surface area contributed by atoms with Crippen LogP contribution in [-0.4, -0.2) is 55.4 Å². The van der Waals surface area contributed by atoms with Gasteiger partial charge in [-0.2, -0.15) is 18.7 Å². The molecule has 1 heterocycles. The van der Waals surface area contributed by atoms with Crippen molar-refractivity contribution >= 4 is 27.8 Å². The summed E-state index contributed by atoms with van der Waals surface area (Å²) in [5.74, 6) is -7.37. The number of anilines is 1. The predicted molar refractivity (Wildman–Crippen MR) is 84.9 cm³/mol. The molecule has 0 spiro atoms. The van der Waals surface area contributed by atoms with Gasteiger partial charge in [0.1, 0.15) is 5.82 Å². The first-order chi connectivity index (χ1) is 12.6. The largest absolute Gasteiger partial charge is 0.467 e. The van der Waals surface area contributed by atoms with Crippen LogP contribution in [0.25, 0.3) is 0 Å². The molecule has 0 N–H and O–H groups in total. The van der Waals surface area contributed by atoms with E-state index < -0.39 is 56.3 Å². The Balaban J connectivity index is 2.66. The number of ether oxygens (including phenoxy) is 1. The van der Waals surface area contributed by atoms with E-state index in [1.165, 1.54) is 0 Å². The SMILES string of the molecule is COc1nc(C=O)nc(C(=O)c2cccc(F)c2N(C)S(=O)(=O)C(F)F)n1. The standard InChI is InChI=1S/C14H11F3N4O5S/c1-21(27(24,25)13(16)17)10-7(4-3-5-8(10)15)11(23)12-18-9(6-22)19-14(20-12)26-2/h3-6,13H,1-2H3. The molecule has 2 aromatic rings. The van der Waals surface area contributed by atoms with Crippen LogP contribution in [0.15, 0.2) is 18.2 Å². The number of para-hydroxylation sites is 1. The minimum atomic E-state index is -5.24. The van der Waals surface area contributed by atoms with Crippen molar-refractivity contribution in [3.63, 3.8) is 0 Å². The lowest BCUT2D eigenvalue weighted by Crippen LogP contribution is -2.33. The van der Waals surface area contributed by atoms with Gasteiger partial charge in [0.25, 0.3) is 10.0 Å². The number of carbonyl (C=O) groups excluding carboxylic acids is 2. The first-order valence-electron chi connectivity index (χ1n) is 6.97. The fourth-order valence-corrected chi connectivity index (χ4v) is 2.68. The molecular weight excluding hydrogens is 393 g/mol. The molecule has 0 aliphatic heterocycles. The molecular formula is C14H11F3N4O5S. The molecule has 2 rings (SSSR count). The summed E-state index contributed by atoms with van der Waals surface area (Å²) in [6, 6.07) is 2.44. The smallest absolute Gasteiger partial charge is 0.355 e. The third-order valence-corrected chi connectivity index (χ3v) is 4.67. The number of hydrogen-bond acceptors (Lipinski definition) is 8. The number of rotatable bonds is 7. The van der Waals surface area contributed by atoms with E-state index in [0.717, 1.165) is 25.3 Å². The number of aldehydes is 1. The Kier molecular flexibility index (Phi) is 5.73. The highest BCUT2D eigenvalue weighted by Crippen LogP contribution is 2.29. The minimum absolute atomic E-state index is 0.0424. The Morgan fingerprint density at radius 2 is 1.93 bits per heavy atom. The number of sulfonamides is 1. The monoisotopic (exact) mass is 404 g/mol. The number of hydrogen-bond donors (Lipinski definition) is 0. The van der Waals surface area contributed by atoms with Gasteiger partial charge in [-0.3, -0.25) is 13.9 Å². The quantitative estimate of drug-likeness (QED) is 0.496. The van der Waals surface area contributed by atoms with Crippen LogP contribution in [-0.2, 0) is 10.0 Å². The van der Waals surface area contributed by atoms with Crippen LogP contribution in [0, 0.1) is 5.82 Å². The van der Waals surface area contributed by atoms with Gasteiger partial charge in [0, 0.05) is 7.05 Å². The number of aromatic nitrogens is 3. The maximum absolute atomic E-state index is 14.2. The van der Waals surface area contributed by atoms with Gasteiger partial charge in [-0.15, -0.1) is 0 Å². The third kappa shape index (κ3) is 3.86. The number of halogens is 3. The first kappa shape index (κ1) is 20.2. The van der Waals surface area contributed by atoms with Crippen molar-refractivity contribution in [1.29, 1.82) is 0 Å². The maximum atomic E-state index is 14.2. The number of carbonyl (C=O) groups is 2. The fraction of sp³-hybridized carbons (Fsp3) is 0.214. The van der Waals surface area contributed by atoms with Crippen molar-refractivity contribution < 1.29 is 35.9 Å². The van der Waals surface area contributed by atoms with Crippen LogP contribution in [0.2, 0.25) is 0 Å². The van der Waals surface area contributed by atoms with Gasteiger partial charge in [-0.05, 0) is 12.1 Å². The van der Waals surface area contributed by atoms with Gasteiger partial charge in [0.2, 0.25) is 11.6 Å². The summed E-state index contributed by atoms with van der Waals surface area (Å²) in [6.07, 6.45) is 0.195. The van der Waals surface area contributed by atoms with Gasteiger partial charge >= 0.3 is 11.8 Å². The molecule has 0 saturated carbocycles. The minimum Gasteiger partial charge on any atom is -0.467 e. The Hall–Kier alpha value is -3.09. The second-order valence-electron chi connectivity index (χ2n) is 4.86. The molecule has 0 aliphatic rings. The number of methoxy groups -OCH3 is 1. The van der Waals surface area contributed by atoms with Gasteiger partial charge in [-0.1, -0.05) is 6.07 Å². The van der Waals surface area contributed by atoms with Crippen LogP contribution in [0.1, 0.15) is 26.8 Å². The van der Waals surface area contributed by atoms with Crippen LogP contribution in [0.3, 0.4) is 0 Å². The summed E-state index contributed by atoms with van der Waals surface area (Å²) >= 11 is 0. The zero-order valence-corrected chi connectivity index (χ0v) is 14.6. The first-order valence-corrected chi connectivity index (χ1v) is 8.48. The maximum Gasteiger partial charge on any atom is 0.355 e. The van der Waals surface area contributed by atoms with E-state index in [4.69, 9.17) is 4.74 Å². The van der Waals surface area contributed by atoms with Crippen molar-refractivity contribution in [3.05, 3.63) is 41.2 Å². The Morgan fingerprint density at radius 1 is 1.26 bits per heavy atom. The van der Waals surface area contributed by atoms with Gasteiger partial charge < -0.3 is 4.74 Å². The van der Waals surface area contributed by atoms with Crippen molar-refractivity contribution in [2.45, 2.75) is 5.76 Å². The van der Waals surface area contributed by atoms with E-state index in [-0.39, 0.29) is 10.6 Å². The van der Waals surface area contributed by atoms with E-state index >= 15 is 0 Å². The molecule has 0 amide bonds. The molecule has 0 saturated heterocycles. The molecule has 1 aromatic heterocycles. The zero-order chi connectivity index (χ0) is 20.4. The van der Waals surface area contributed by atoms with Gasteiger partial charge in [0.15, 0.2) is 12.1 Å². The lowest BCUT2D eigenvalue weighted by molar-refractivity contribution is 0.102. The average molecular weight is 404 g/mol. The van der Waals surface area contributed by atoms with Crippen LogP contribution >= 0.6 is 0 Å². The summed E-state index contributed by atoms with van der Waals surface area (Å²) in [7, 11) is -3.43. The third-order valence-electron chi connectivity index (χ3n) is 3.28. The summed E-state index contributed by atoms with van der Waals surface area (Å²) in [5.41, 5.74) is -1.54. The molecule has 9 nitrogen and oxygen atoms in total. The van der Waals surface area contributed by atoms with E-state index in [1.807, 2.05) is 0 Å². The Bertz CT molecular complexity index is 1000.